The van der Waals surface area contributed by atoms with E-state index in [1.807, 2.05) is 68.4 Å². The lowest BCUT2D eigenvalue weighted by molar-refractivity contribution is 0.0940. The first-order chi connectivity index (χ1) is 16.8. The summed E-state index contributed by atoms with van der Waals surface area (Å²) in [4.78, 5) is 21.1. The van der Waals surface area contributed by atoms with Crippen LogP contribution in [0, 0.1) is 6.92 Å². The molecule has 0 saturated heterocycles. The summed E-state index contributed by atoms with van der Waals surface area (Å²) in [6, 6.07) is 16.8. The molecule has 0 aliphatic carbocycles. The lowest BCUT2D eigenvalue weighted by Crippen LogP contribution is -2.32. The Labute approximate surface area is 202 Å². The average Bonchev–Trinajstić information content (AvgIpc) is 3.37. The van der Waals surface area contributed by atoms with Gasteiger partial charge in [0.1, 0.15) is 5.82 Å². The maximum Gasteiger partial charge on any atom is 0.261 e. The van der Waals surface area contributed by atoms with E-state index in [1.54, 1.807) is 13.1 Å². The zero-order valence-corrected chi connectivity index (χ0v) is 19.7. The number of aliphatic hydroxyl groups excluding tert-OH is 1. The predicted molar refractivity (Wildman–Crippen MR) is 132 cm³/mol. The first-order valence-corrected chi connectivity index (χ1v) is 11.3. The molecule has 0 spiro atoms. The van der Waals surface area contributed by atoms with Crippen LogP contribution in [-0.2, 0) is 5.54 Å². The zero-order chi connectivity index (χ0) is 24.6. The highest BCUT2D eigenvalue weighted by molar-refractivity contribution is 6.00. The minimum atomic E-state index is -0.450. The number of aliphatic hydroxyl groups is 1. The van der Waals surface area contributed by atoms with E-state index in [0.717, 1.165) is 16.8 Å². The minimum absolute atomic E-state index is 0.0728. The summed E-state index contributed by atoms with van der Waals surface area (Å²) in [5, 5.41) is 23.7. The van der Waals surface area contributed by atoms with Gasteiger partial charge in [-0.2, -0.15) is 4.98 Å². The number of carbonyl (C=O) groups excluding carboxylic acids is 1. The number of hydrogen-bond donors (Lipinski definition) is 4. The molecule has 178 valence electrons. The number of hydrogen-bond acceptors (Lipinski definition) is 8. The Morgan fingerprint density at radius 1 is 1.11 bits per heavy atom. The van der Waals surface area contributed by atoms with Gasteiger partial charge in [-0.3, -0.25) is 4.79 Å². The lowest BCUT2D eigenvalue weighted by Gasteiger charge is -2.21. The van der Waals surface area contributed by atoms with Crippen molar-refractivity contribution in [2.75, 3.05) is 17.2 Å². The monoisotopic (exact) mass is 470 g/mol. The molecular formula is C26H26N6O3. The van der Waals surface area contributed by atoms with E-state index in [9.17, 15) is 9.90 Å². The number of amides is 1. The summed E-state index contributed by atoms with van der Waals surface area (Å²) < 4.78 is 5.39. The maximum atomic E-state index is 12.2. The van der Waals surface area contributed by atoms with Crippen LogP contribution in [-0.4, -0.2) is 32.7 Å². The van der Waals surface area contributed by atoms with E-state index < -0.39 is 5.54 Å². The number of carbonyl (C=O) groups is 1. The van der Waals surface area contributed by atoms with Crippen LogP contribution in [0.3, 0.4) is 0 Å². The summed E-state index contributed by atoms with van der Waals surface area (Å²) in [5.41, 5.74) is 4.18. The van der Waals surface area contributed by atoms with Crippen LogP contribution in [0.4, 0.5) is 17.2 Å². The Hall–Kier alpha value is -4.24. The normalized spacial score (nSPS) is 14.8. The second-order valence-corrected chi connectivity index (χ2v) is 9.02. The number of fused-ring (bicyclic) bond motifs is 1. The smallest absolute Gasteiger partial charge is 0.261 e. The largest absolute Gasteiger partial charge is 0.394 e. The Balaban J connectivity index is 1.50. The molecule has 9 heteroatoms. The summed E-state index contributed by atoms with van der Waals surface area (Å²) >= 11 is 0. The van der Waals surface area contributed by atoms with Crippen LogP contribution in [0.2, 0.25) is 0 Å². The number of aryl methyl sites for hydroxylation is 1. The van der Waals surface area contributed by atoms with Crippen molar-refractivity contribution in [2.45, 2.75) is 32.4 Å². The van der Waals surface area contributed by atoms with Crippen molar-refractivity contribution in [1.29, 1.82) is 0 Å². The van der Waals surface area contributed by atoms with Crippen molar-refractivity contribution >= 4 is 23.1 Å². The molecule has 1 aliphatic rings. The van der Waals surface area contributed by atoms with Gasteiger partial charge in [0.15, 0.2) is 5.82 Å². The number of rotatable bonds is 7. The summed E-state index contributed by atoms with van der Waals surface area (Å²) in [5.74, 6) is 1.35. The molecule has 9 nitrogen and oxygen atoms in total. The molecule has 35 heavy (non-hydrogen) atoms. The number of nitrogens with zero attached hydrogens (tertiary/aromatic N) is 3. The fourth-order valence-electron chi connectivity index (χ4n) is 4.23. The molecule has 5 rings (SSSR count). The second-order valence-electron chi connectivity index (χ2n) is 9.02. The van der Waals surface area contributed by atoms with Gasteiger partial charge in [0, 0.05) is 23.5 Å². The van der Waals surface area contributed by atoms with E-state index in [-0.39, 0.29) is 18.6 Å². The maximum absolute atomic E-state index is 12.2. The van der Waals surface area contributed by atoms with Gasteiger partial charge >= 0.3 is 0 Å². The van der Waals surface area contributed by atoms with Crippen LogP contribution in [0.15, 0.2) is 65.3 Å². The molecule has 2 aromatic carbocycles. The highest BCUT2D eigenvalue weighted by Gasteiger charge is 2.35. The molecule has 4 aromatic rings. The fourth-order valence-corrected chi connectivity index (χ4v) is 4.23. The number of benzene rings is 2. The van der Waals surface area contributed by atoms with Crippen molar-refractivity contribution in [3.63, 3.8) is 0 Å². The van der Waals surface area contributed by atoms with Crippen LogP contribution < -0.4 is 16.0 Å². The van der Waals surface area contributed by atoms with Crippen LogP contribution in [0.25, 0.3) is 11.5 Å². The molecule has 1 aliphatic heterocycles. The zero-order valence-electron chi connectivity index (χ0n) is 19.7. The van der Waals surface area contributed by atoms with E-state index in [2.05, 4.69) is 31.1 Å². The van der Waals surface area contributed by atoms with Crippen molar-refractivity contribution in [1.82, 2.24) is 20.4 Å². The Bertz CT molecular complexity index is 1380. The third-order valence-corrected chi connectivity index (χ3v) is 6.01. The Kier molecular flexibility index (Phi) is 5.70. The molecule has 0 unspecified atom stereocenters. The molecular weight excluding hydrogens is 444 g/mol. The van der Waals surface area contributed by atoms with Gasteiger partial charge in [0.05, 0.1) is 29.4 Å². The van der Waals surface area contributed by atoms with Gasteiger partial charge in [-0.1, -0.05) is 35.5 Å². The molecule has 2 aromatic heterocycles. The Morgan fingerprint density at radius 3 is 2.63 bits per heavy atom. The van der Waals surface area contributed by atoms with E-state index >= 15 is 0 Å². The number of nitrogens with one attached hydrogen (secondary N) is 3. The Morgan fingerprint density at radius 2 is 1.91 bits per heavy atom. The van der Waals surface area contributed by atoms with E-state index in [0.29, 0.717) is 34.3 Å². The number of anilines is 3. The third-order valence-electron chi connectivity index (χ3n) is 6.01. The molecule has 3 heterocycles. The van der Waals surface area contributed by atoms with Gasteiger partial charge in [0.25, 0.3) is 11.8 Å². The predicted octanol–water partition coefficient (Wildman–Crippen LogP) is 4.31. The van der Waals surface area contributed by atoms with Crippen molar-refractivity contribution in [3.05, 3.63) is 83.3 Å². The summed E-state index contributed by atoms with van der Waals surface area (Å²) in [6.45, 7) is 5.58. The standard InChI is InChI=1S/C26H26N6O3/c1-15-28-25(35-32-15)19-13-27-23(12-21(19)30-22(14-33)16-7-5-4-6-8-16)29-17-9-10-18-20(11-17)26(2,3)31-24(18)34/h4-13,22,33H,14H2,1-3H3,(H,31,34)(H2,27,29,30)/t22-/m1/s1. The van der Waals surface area contributed by atoms with Crippen molar-refractivity contribution in [3.8, 4) is 11.5 Å². The summed E-state index contributed by atoms with van der Waals surface area (Å²) in [7, 11) is 0. The SMILES string of the molecule is Cc1noc(-c2cnc(Nc3ccc4c(c3)C(C)(C)NC4=O)cc2N[C@H](CO)c2ccccc2)n1. The topological polar surface area (TPSA) is 125 Å². The third kappa shape index (κ3) is 4.45. The van der Waals surface area contributed by atoms with Crippen LogP contribution >= 0.6 is 0 Å². The van der Waals surface area contributed by atoms with E-state index in [1.165, 1.54) is 0 Å². The van der Waals surface area contributed by atoms with Gasteiger partial charge in [-0.25, -0.2) is 4.98 Å². The van der Waals surface area contributed by atoms with Gasteiger partial charge < -0.3 is 25.6 Å². The molecule has 0 saturated carbocycles. The van der Waals surface area contributed by atoms with Gasteiger partial charge in [0.2, 0.25) is 0 Å². The second kappa shape index (κ2) is 8.84. The van der Waals surface area contributed by atoms with Gasteiger partial charge in [-0.15, -0.1) is 0 Å². The number of aromatic nitrogens is 3. The summed E-state index contributed by atoms with van der Waals surface area (Å²) in [6.07, 6.45) is 1.65. The first kappa shape index (κ1) is 22.5. The fraction of sp³-hybridized carbons (Fsp3) is 0.231. The lowest BCUT2D eigenvalue weighted by atomic mass is 9.94. The van der Waals surface area contributed by atoms with Gasteiger partial charge in [-0.05, 0) is 50.1 Å². The van der Waals surface area contributed by atoms with Crippen LogP contribution in [0.1, 0.15) is 47.2 Å². The molecule has 0 bridgehead atoms. The number of pyridine rings is 1. The van der Waals surface area contributed by atoms with Crippen molar-refractivity contribution < 1.29 is 14.4 Å². The highest BCUT2D eigenvalue weighted by atomic mass is 16.5. The highest BCUT2D eigenvalue weighted by Crippen LogP contribution is 2.35. The first-order valence-electron chi connectivity index (χ1n) is 11.3. The molecule has 1 amide bonds. The minimum Gasteiger partial charge on any atom is -0.394 e. The molecule has 4 N–H and O–H groups in total. The average molecular weight is 471 g/mol. The quantitative estimate of drug-likeness (QED) is 0.315. The van der Waals surface area contributed by atoms with E-state index in [4.69, 9.17) is 4.52 Å². The molecule has 0 fully saturated rings. The molecule has 0 radical (unpaired) electrons. The molecule has 1 atom stereocenters. The van der Waals surface area contributed by atoms with Crippen molar-refractivity contribution in [2.24, 2.45) is 0 Å². The van der Waals surface area contributed by atoms with Crippen LogP contribution in [0.5, 0.6) is 0 Å².